The molecule has 0 aromatic rings. The van der Waals surface area contributed by atoms with Gasteiger partial charge in [0.1, 0.15) is 0 Å². The molecule has 0 aliphatic heterocycles. The Morgan fingerprint density at radius 3 is 2.55 bits per heavy atom. The molecule has 11 heavy (non-hydrogen) atoms. The van der Waals surface area contributed by atoms with Crippen molar-refractivity contribution in [3.05, 3.63) is 0 Å². The van der Waals surface area contributed by atoms with Crippen LogP contribution in [0.2, 0.25) is 0 Å². The van der Waals surface area contributed by atoms with E-state index in [1.165, 1.54) is 10.8 Å². The van der Waals surface area contributed by atoms with Crippen molar-refractivity contribution in [2.75, 3.05) is 23.1 Å². The van der Waals surface area contributed by atoms with Gasteiger partial charge in [-0.05, 0) is 0 Å². The Hall–Kier alpha value is 0.650. The molecular weight excluding hydrogens is 253 g/mol. The van der Waals surface area contributed by atoms with E-state index in [9.17, 15) is 0 Å². The van der Waals surface area contributed by atoms with Gasteiger partial charge in [-0.3, -0.25) is 0 Å². The van der Waals surface area contributed by atoms with Gasteiger partial charge in [0.25, 0.3) is 0 Å². The second kappa shape index (κ2) is 6.20. The van der Waals surface area contributed by atoms with E-state index in [2.05, 4.69) is 24.1 Å². The maximum absolute atomic E-state index is 5.59. The van der Waals surface area contributed by atoms with Gasteiger partial charge in [0.2, 0.25) is 0 Å². The SMILES string of the molecule is CNCOC(C)(C)CC[I-]C. The van der Waals surface area contributed by atoms with Crippen LogP contribution in [0.3, 0.4) is 0 Å². The molecule has 0 aliphatic carbocycles. The number of rotatable bonds is 6. The Kier molecular flexibility index (Phi) is 6.56. The first-order valence-electron chi connectivity index (χ1n) is 3.85. The Bertz CT molecular complexity index is 86.1. The molecule has 0 spiro atoms. The monoisotopic (exact) mass is 272 g/mol. The van der Waals surface area contributed by atoms with Gasteiger partial charge in [-0.15, -0.1) is 0 Å². The van der Waals surface area contributed by atoms with Crippen LogP contribution < -0.4 is 26.5 Å². The van der Waals surface area contributed by atoms with Crippen molar-refractivity contribution in [2.45, 2.75) is 25.9 Å². The predicted molar refractivity (Wildman–Crippen MR) is 44.5 cm³/mol. The minimum atomic E-state index is 0.0682. The molecule has 0 saturated carbocycles. The van der Waals surface area contributed by atoms with E-state index in [0.29, 0.717) is 27.9 Å². The summed E-state index contributed by atoms with van der Waals surface area (Å²) in [5.41, 5.74) is 0.0682. The number of hydrogen-bond donors (Lipinski definition) is 1. The Morgan fingerprint density at radius 2 is 2.09 bits per heavy atom. The van der Waals surface area contributed by atoms with E-state index < -0.39 is 0 Å². The number of hydrogen-bond acceptors (Lipinski definition) is 2. The molecule has 0 fully saturated rings. The van der Waals surface area contributed by atoms with E-state index >= 15 is 0 Å². The molecule has 0 aromatic carbocycles. The molecule has 0 atom stereocenters. The molecule has 0 aliphatic rings. The quantitative estimate of drug-likeness (QED) is 0.345. The number of alkyl halides is 2. The van der Waals surface area contributed by atoms with Gasteiger partial charge >= 0.3 is 80.3 Å². The summed E-state index contributed by atoms with van der Waals surface area (Å²) < 4.78 is 6.94. The van der Waals surface area contributed by atoms with Gasteiger partial charge in [0.15, 0.2) is 0 Å². The molecule has 0 radical (unpaired) electrons. The van der Waals surface area contributed by atoms with Gasteiger partial charge in [-0.1, -0.05) is 0 Å². The van der Waals surface area contributed by atoms with Crippen LogP contribution >= 0.6 is 0 Å². The second-order valence-electron chi connectivity index (χ2n) is 3.11. The van der Waals surface area contributed by atoms with E-state index in [1.807, 2.05) is 7.05 Å². The van der Waals surface area contributed by atoms with Gasteiger partial charge in [0.05, 0.1) is 0 Å². The minimum absolute atomic E-state index is 0.0682. The fourth-order valence-corrected chi connectivity index (χ4v) is 2.50. The van der Waals surface area contributed by atoms with Crippen LogP contribution in [0.15, 0.2) is 0 Å². The first-order valence-corrected chi connectivity index (χ1v) is 7.53. The number of halogens is 1. The first kappa shape index (κ1) is 11.6. The van der Waals surface area contributed by atoms with Gasteiger partial charge in [0, 0.05) is 0 Å². The van der Waals surface area contributed by atoms with Gasteiger partial charge in [-0.25, -0.2) is 0 Å². The van der Waals surface area contributed by atoms with Crippen molar-refractivity contribution >= 4 is 0 Å². The van der Waals surface area contributed by atoms with Crippen molar-refractivity contribution < 1.29 is 25.9 Å². The zero-order chi connectivity index (χ0) is 8.74. The molecule has 0 heterocycles. The second-order valence-corrected chi connectivity index (χ2v) is 5.71. The zero-order valence-corrected chi connectivity index (χ0v) is 10.1. The van der Waals surface area contributed by atoms with Crippen molar-refractivity contribution in [1.82, 2.24) is 5.32 Å². The summed E-state index contributed by atoms with van der Waals surface area (Å²) in [6, 6.07) is 0. The standard InChI is InChI=1S/C8H19INO/c1-8(2,5-6-9-3)11-7-10-4/h10H,5-7H2,1-4H3/q-1. The molecular formula is C8H19INO-. The third-order valence-corrected chi connectivity index (χ3v) is 3.11. The average Bonchev–Trinajstić information content (AvgIpc) is 1.97. The molecule has 3 heteroatoms. The summed E-state index contributed by atoms with van der Waals surface area (Å²) >= 11 is 0.425. The summed E-state index contributed by atoms with van der Waals surface area (Å²) in [5.74, 6) is 0. The van der Waals surface area contributed by atoms with Crippen LogP contribution in [0.5, 0.6) is 0 Å². The molecule has 0 rings (SSSR count). The Morgan fingerprint density at radius 1 is 1.45 bits per heavy atom. The first-order chi connectivity index (χ1) is 5.12. The zero-order valence-electron chi connectivity index (χ0n) is 7.91. The molecule has 0 amide bonds. The molecule has 70 valence electrons. The third kappa shape index (κ3) is 7.03. The topological polar surface area (TPSA) is 21.3 Å². The summed E-state index contributed by atoms with van der Waals surface area (Å²) in [5, 5.41) is 2.99. The van der Waals surface area contributed by atoms with Crippen LogP contribution in [0.25, 0.3) is 0 Å². The summed E-state index contributed by atoms with van der Waals surface area (Å²) in [6.07, 6.45) is 1.19. The number of nitrogens with one attached hydrogen (secondary N) is 1. The van der Waals surface area contributed by atoms with Crippen molar-refractivity contribution in [3.8, 4) is 0 Å². The molecule has 0 unspecified atom stereocenters. The van der Waals surface area contributed by atoms with Crippen molar-refractivity contribution in [3.63, 3.8) is 0 Å². The van der Waals surface area contributed by atoms with E-state index in [0.717, 1.165) is 0 Å². The van der Waals surface area contributed by atoms with Crippen LogP contribution in [0.4, 0.5) is 0 Å². The molecule has 1 N–H and O–H groups in total. The predicted octanol–water partition coefficient (Wildman–Crippen LogP) is -1.93. The van der Waals surface area contributed by atoms with Crippen LogP contribution in [-0.4, -0.2) is 28.7 Å². The molecule has 2 nitrogen and oxygen atoms in total. The normalized spacial score (nSPS) is 12.4. The third-order valence-electron chi connectivity index (χ3n) is 1.49. The fourth-order valence-electron chi connectivity index (χ4n) is 0.662. The average molecular weight is 272 g/mol. The summed E-state index contributed by atoms with van der Waals surface area (Å²) in [4.78, 5) is 2.31. The maximum atomic E-state index is 5.59. The Labute approximate surface area is 80.3 Å². The van der Waals surface area contributed by atoms with Crippen LogP contribution in [0.1, 0.15) is 20.3 Å². The van der Waals surface area contributed by atoms with E-state index in [1.54, 1.807) is 0 Å². The molecule has 0 aromatic heterocycles. The Balaban J connectivity index is 3.43. The van der Waals surface area contributed by atoms with Crippen molar-refractivity contribution in [1.29, 1.82) is 0 Å². The number of ether oxygens (including phenoxy) is 1. The van der Waals surface area contributed by atoms with Crippen molar-refractivity contribution in [2.24, 2.45) is 0 Å². The fraction of sp³-hybridized carbons (Fsp3) is 1.00. The van der Waals surface area contributed by atoms with E-state index in [-0.39, 0.29) is 5.60 Å². The molecule has 0 bridgehead atoms. The van der Waals surface area contributed by atoms with Gasteiger partial charge < -0.3 is 0 Å². The van der Waals surface area contributed by atoms with Crippen LogP contribution in [-0.2, 0) is 4.74 Å². The van der Waals surface area contributed by atoms with E-state index in [4.69, 9.17) is 4.74 Å². The van der Waals surface area contributed by atoms with Gasteiger partial charge in [-0.2, -0.15) is 0 Å². The molecule has 0 saturated heterocycles. The summed E-state index contributed by atoms with van der Waals surface area (Å²) in [7, 11) is 1.91. The van der Waals surface area contributed by atoms with Crippen LogP contribution in [0, 0.1) is 0 Å². The summed E-state index contributed by atoms with van der Waals surface area (Å²) in [6.45, 7) is 4.97.